The summed E-state index contributed by atoms with van der Waals surface area (Å²) in [6, 6.07) is 7.30. The lowest BCUT2D eigenvalue weighted by atomic mass is 10.00. The highest BCUT2D eigenvalue weighted by molar-refractivity contribution is 5.53. The van der Waals surface area contributed by atoms with Crippen molar-refractivity contribution in [1.82, 2.24) is 0 Å². The van der Waals surface area contributed by atoms with Gasteiger partial charge in [-0.15, -0.1) is 0 Å². The van der Waals surface area contributed by atoms with Gasteiger partial charge in [0.1, 0.15) is 24.4 Å². The summed E-state index contributed by atoms with van der Waals surface area (Å²) >= 11 is 0. The molecule has 2 aromatic carbocycles. The van der Waals surface area contributed by atoms with Gasteiger partial charge in [-0.1, -0.05) is 6.07 Å². The maximum atomic E-state index is 10.8. The third kappa shape index (κ3) is 6.77. The van der Waals surface area contributed by atoms with Crippen LogP contribution in [0.3, 0.4) is 0 Å². The van der Waals surface area contributed by atoms with Crippen molar-refractivity contribution < 1.29 is 59.4 Å². The maximum Gasteiger partial charge on any atom is 0.203 e. The van der Waals surface area contributed by atoms with Crippen molar-refractivity contribution in [3.63, 3.8) is 0 Å². The molecule has 7 N–H and O–H groups in total. The molecule has 0 amide bonds. The minimum Gasteiger partial charge on any atom is -0.504 e. The first-order valence-corrected chi connectivity index (χ1v) is 12.1. The summed E-state index contributed by atoms with van der Waals surface area (Å²) in [5.41, 5.74) is 0.992. The Labute approximate surface area is 220 Å². The number of phenols is 2. The lowest BCUT2D eigenvalue weighted by molar-refractivity contribution is -0.293. The van der Waals surface area contributed by atoms with E-state index in [2.05, 4.69) is 0 Å². The molecular weight excluding hydrogens is 504 g/mol. The minimum atomic E-state index is -1.39. The Morgan fingerprint density at radius 2 is 1.63 bits per heavy atom. The summed E-state index contributed by atoms with van der Waals surface area (Å²) in [5.74, 6) is -0.145. The lowest BCUT2D eigenvalue weighted by Gasteiger charge is -2.38. The summed E-state index contributed by atoms with van der Waals surface area (Å²) in [4.78, 5) is 0. The highest BCUT2D eigenvalue weighted by Crippen LogP contribution is 2.40. The van der Waals surface area contributed by atoms with Crippen molar-refractivity contribution in [2.75, 3.05) is 27.4 Å². The number of hydrogen-bond donors (Lipinski definition) is 7. The number of hydrogen-bond acceptors (Lipinski definition) is 12. The number of aromatic hydroxyl groups is 2. The highest BCUT2D eigenvalue weighted by atomic mass is 16.7. The zero-order chi connectivity index (χ0) is 28.0. The van der Waals surface area contributed by atoms with Gasteiger partial charge in [0.05, 0.1) is 33.5 Å². The predicted octanol–water partition coefficient (Wildman–Crippen LogP) is 0.365. The van der Waals surface area contributed by atoms with Crippen LogP contribution in [0.5, 0.6) is 28.7 Å². The second-order valence-corrected chi connectivity index (χ2v) is 9.02. The van der Waals surface area contributed by atoms with Crippen LogP contribution in [0.25, 0.3) is 0 Å². The van der Waals surface area contributed by atoms with Crippen LogP contribution in [-0.2, 0) is 15.9 Å². The topological polar surface area (TPSA) is 188 Å². The monoisotopic (exact) mass is 540 g/mol. The van der Waals surface area contributed by atoms with E-state index in [1.807, 2.05) is 0 Å². The summed E-state index contributed by atoms with van der Waals surface area (Å²) < 4.78 is 27.1. The summed E-state index contributed by atoms with van der Waals surface area (Å²) in [6.07, 6.45) is -7.37. The molecule has 1 fully saturated rings. The van der Waals surface area contributed by atoms with Crippen LogP contribution in [0.2, 0.25) is 0 Å². The third-order valence-electron chi connectivity index (χ3n) is 6.36. The van der Waals surface area contributed by atoms with Gasteiger partial charge in [0.25, 0.3) is 0 Å². The average Bonchev–Trinajstić information content (AvgIpc) is 2.91. The second kappa shape index (κ2) is 13.3. The van der Waals surface area contributed by atoms with Crippen molar-refractivity contribution in [3.05, 3.63) is 41.5 Å². The molecule has 0 spiro atoms. The van der Waals surface area contributed by atoms with Gasteiger partial charge in [-0.25, -0.2) is 0 Å². The number of ether oxygens (including phenoxy) is 5. The molecular formula is C26H36O12. The SMILES string of the molecule is COc1cc([C@H](O)[C@@H](CO)Oc2c(O)cc(CCCO[C@@H]3O[C@@H](C)[C@H](O)[C@@H](O)[C@H]3O)cc2OC)ccc1O. The molecule has 1 aliphatic heterocycles. The average molecular weight is 541 g/mol. The molecule has 12 heteroatoms. The molecule has 2 aromatic rings. The molecule has 38 heavy (non-hydrogen) atoms. The molecule has 0 bridgehead atoms. The number of phenolic OH excluding ortho intramolecular Hbond substituents is 2. The van der Waals surface area contributed by atoms with Crippen LogP contribution < -0.4 is 14.2 Å². The molecule has 1 aliphatic rings. The van der Waals surface area contributed by atoms with E-state index in [1.165, 1.54) is 38.5 Å². The second-order valence-electron chi connectivity index (χ2n) is 9.02. The number of methoxy groups -OCH3 is 2. The fourth-order valence-corrected chi connectivity index (χ4v) is 4.13. The van der Waals surface area contributed by atoms with Crippen molar-refractivity contribution >= 4 is 0 Å². The molecule has 3 rings (SSSR count). The van der Waals surface area contributed by atoms with E-state index < -0.39 is 49.5 Å². The molecule has 7 atom stereocenters. The molecule has 0 aliphatic carbocycles. The van der Waals surface area contributed by atoms with Gasteiger partial charge < -0.3 is 59.4 Å². The Morgan fingerprint density at radius 3 is 2.29 bits per heavy atom. The molecule has 1 heterocycles. The highest BCUT2D eigenvalue weighted by Gasteiger charge is 2.42. The van der Waals surface area contributed by atoms with E-state index >= 15 is 0 Å². The van der Waals surface area contributed by atoms with Crippen molar-refractivity contribution in [2.24, 2.45) is 0 Å². The number of benzene rings is 2. The van der Waals surface area contributed by atoms with Gasteiger partial charge in [-0.3, -0.25) is 0 Å². The molecule has 0 radical (unpaired) electrons. The minimum absolute atomic E-state index is 0.0726. The first-order valence-electron chi connectivity index (χ1n) is 12.1. The zero-order valence-corrected chi connectivity index (χ0v) is 21.4. The fraction of sp³-hybridized carbons (Fsp3) is 0.538. The summed E-state index contributed by atoms with van der Waals surface area (Å²) in [6.45, 7) is 1.13. The van der Waals surface area contributed by atoms with Crippen LogP contribution in [0.1, 0.15) is 30.6 Å². The molecule has 0 aromatic heterocycles. The van der Waals surface area contributed by atoms with Gasteiger partial charge in [0.2, 0.25) is 5.75 Å². The molecule has 0 unspecified atom stereocenters. The summed E-state index contributed by atoms with van der Waals surface area (Å²) in [5, 5.41) is 70.7. The van der Waals surface area contributed by atoms with Crippen LogP contribution in [0, 0.1) is 0 Å². The third-order valence-corrected chi connectivity index (χ3v) is 6.36. The Kier molecular flexibility index (Phi) is 10.4. The van der Waals surface area contributed by atoms with E-state index in [1.54, 1.807) is 13.0 Å². The van der Waals surface area contributed by atoms with Crippen LogP contribution in [0.15, 0.2) is 30.3 Å². The lowest BCUT2D eigenvalue weighted by Crippen LogP contribution is -2.57. The Balaban J connectivity index is 1.63. The van der Waals surface area contributed by atoms with Crippen LogP contribution in [0.4, 0.5) is 0 Å². The standard InChI is InChI=1S/C26H36O12/c1-13-21(30)23(32)24(33)26(37-13)36-8-4-5-14-9-17(29)25(19(10-14)35-3)38-20(12-27)22(31)15-6-7-16(28)18(11-15)34-2/h6-7,9-11,13,20-24,26-33H,4-5,8,12H2,1-3H3/t13-,20+,21-,22-,23+,24+,26+/m0/s1. The van der Waals surface area contributed by atoms with Gasteiger partial charge >= 0.3 is 0 Å². The molecule has 1 saturated heterocycles. The Hall–Kier alpha value is -2.84. The smallest absolute Gasteiger partial charge is 0.203 e. The number of aryl methyl sites for hydroxylation is 1. The molecule has 0 saturated carbocycles. The van der Waals surface area contributed by atoms with Gasteiger partial charge in [-0.2, -0.15) is 0 Å². The van der Waals surface area contributed by atoms with Crippen LogP contribution >= 0.6 is 0 Å². The summed E-state index contributed by atoms with van der Waals surface area (Å²) in [7, 11) is 2.75. The normalized spacial score (nSPS) is 25.0. The van der Waals surface area contributed by atoms with Gasteiger partial charge in [-0.05, 0) is 55.2 Å². The number of rotatable bonds is 12. The van der Waals surface area contributed by atoms with Crippen molar-refractivity contribution in [3.8, 4) is 28.7 Å². The van der Waals surface area contributed by atoms with Gasteiger partial charge in [0, 0.05) is 0 Å². The Bertz CT molecular complexity index is 1050. The first-order chi connectivity index (χ1) is 18.1. The first kappa shape index (κ1) is 29.7. The molecule has 212 valence electrons. The fourth-order valence-electron chi connectivity index (χ4n) is 4.13. The van der Waals surface area contributed by atoms with E-state index in [0.29, 0.717) is 24.0 Å². The number of aliphatic hydroxyl groups is 5. The van der Waals surface area contributed by atoms with Crippen molar-refractivity contribution in [2.45, 2.75) is 62.7 Å². The maximum absolute atomic E-state index is 10.8. The van der Waals surface area contributed by atoms with E-state index in [9.17, 15) is 35.7 Å². The number of aliphatic hydroxyl groups excluding tert-OH is 5. The van der Waals surface area contributed by atoms with E-state index in [-0.39, 0.29) is 35.4 Å². The van der Waals surface area contributed by atoms with E-state index in [4.69, 9.17) is 23.7 Å². The molecule has 12 nitrogen and oxygen atoms in total. The Morgan fingerprint density at radius 1 is 0.921 bits per heavy atom. The quantitative estimate of drug-likeness (QED) is 0.184. The van der Waals surface area contributed by atoms with E-state index in [0.717, 1.165) is 0 Å². The van der Waals surface area contributed by atoms with Crippen LogP contribution in [-0.4, -0.2) is 100.0 Å². The van der Waals surface area contributed by atoms with Crippen molar-refractivity contribution in [1.29, 1.82) is 0 Å². The zero-order valence-electron chi connectivity index (χ0n) is 21.4. The predicted molar refractivity (Wildman–Crippen MR) is 132 cm³/mol. The largest absolute Gasteiger partial charge is 0.504 e. The van der Waals surface area contributed by atoms with Gasteiger partial charge in [0.15, 0.2) is 35.4 Å².